The molecule has 1 aromatic heterocycles. The van der Waals surface area contributed by atoms with E-state index in [1.54, 1.807) is 6.20 Å². The van der Waals surface area contributed by atoms with Crippen LogP contribution < -0.4 is 0 Å². The SMILES string of the molecule is CCn1nccc1CN(C)C(=O)CC1(c2ccc(C)cc2)CCOC(C)(C)C1. The third kappa shape index (κ3) is 4.46. The molecule has 1 atom stereocenters. The molecule has 0 spiro atoms. The van der Waals surface area contributed by atoms with Crippen molar-refractivity contribution in [2.45, 2.75) is 71.1 Å². The molecule has 0 bridgehead atoms. The van der Waals surface area contributed by atoms with Crippen LogP contribution in [0.4, 0.5) is 0 Å². The fraction of sp³-hybridized carbons (Fsp3) is 0.565. The lowest BCUT2D eigenvalue weighted by Crippen LogP contribution is -2.46. The summed E-state index contributed by atoms with van der Waals surface area (Å²) in [5.74, 6) is 0.169. The number of carbonyl (C=O) groups is 1. The fourth-order valence-electron chi connectivity index (χ4n) is 4.42. The van der Waals surface area contributed by atoms with Gasteiger partial charge in [0.1, 0.15) is 0 Å². The van der Waals surface area contributed by atoms with E-state index in [1.807, 2.05) is 22.7 Å². The summed E-state index contributed by atoms with van der Waals surface area (Å²) in [6.45, 7) is 10.5. The first-order valence-corrected chi connectivity index (χ1v) is 10.2. The number of amides is 1. The lowest BCUT2D eigenvalue weighted by molar-refractivity contribution is -0.135. The Morgan fingerprint density at radius 3 is 2.61 bits per heavy atom. The van der Waals surface area contributed by atoms with Gasteiger partial charge >= 0.3 is 0 Å². The van der Waals surface area contributed by atoms with Crippen LogP contribution >= 0.6 is 0 Å². The first-order valence-electron chi connectivity index (χ1n) is 10.2. The zero-order valence-electron chi connectivity index (χ0n) is 17.9. The molecule has 1 aliphatic heterocycles. The summed E-state index contributed by atoms with van der Waals surface area (Å²) < 4.78 is 7.93. The van der Waals surface area contributed by atoms with E-state index in [0.717, 1.165) is 25.1 Å². The summed E-state index contributed by atoms with van der Waals surface area (Å²) in [6.07, 6.45) is 4.01. The number of rotatable bonds is 6. The number of ether oxygens (including phenoxy) is 1. The second-order valence-corrected chi connectivity index (χ2v) is 8.75. The van der Waals surface area contributed by atoms with Gasteiger partial charge in [0, 0.05) is 38.2 Å². The van der Waals surface area contributed by atoms with E-state index in [9.17, 15) is 4.79 Å². The first-order chi connectivity index (χ1) is 13.2. The third-order valence-corrected chi connectivity index (χ3v) is 5.92. The number of aryl methyl sites for hydroxylation is 2. The van der Waals surface area contributed by atoms with Crippen LogP contribution in [0, 0.1) is 6.92 Å². The number of benzene rings is 1. The Hall–Kier alpha value is -2.14. The van der Waals surface area contributed by atoms with Gasteiger partial charge in [-0.2, -0.15) is 5.10 Å². The molecule has 0 aliphatic carbocycles. The smallest absolute Gasteiger partial charge is 0.223 e. The van der Waals surface area contributed by atoms with Crippen LogP contribution in [0.15, 0.2) is 36.5 Å². The molecule has 1 fully saturated rings. The van der Waals surface area contributed by atoms with Crippen molar-refractivity contribution >= 4 is 5.91 Å². The molecule has 1 saturated heterocycles. The number of hydrogen-bond acceptors (Lipinski definition) is 3. The van der Waals surface area contributed by atoms with Crippen molar-refractivity contribution in [3.63, 3.8) is 0 Å². The van der Waals surface area contributed by atoms with Crippen molar-refractivity contribution in [2.75, 3.05) is 13.7 Å². The van der Waals surface area contributed by atoms with Crippen LogP contribution in [-0.2, 0) is 28.0 Å². The van der Waals surface area contributed by atoms with E-state index in [0.29, 0.717) is 19.6 Å². The van der Waals surface area contributed by atoms with Crippen LogP contribution in [0.1, 0.15) is 56.9 Å². The average molecular weight is 384 g/mol. The molecule has 152 valence electrons. The molecule has 1 unspecified atom stereocenters. The van der Waals surface area contributed by atoms with Gasteiger partial charge in [-0.3, -0.25) is 9.48 Å². The van der Waals surface area contributed by atoms with Crippen LogP contribution in [0.25, 0.3) is 0 Å². The quantitative estimate of drug-likeness (QED) is 0.755. The standard InChI is InChI=1S/C23H33N3O2/c1-6-26-20(11-13-24-26)16-25(5)21(27)15-23(12-14-28-22(3,4)17-23)19-9-7-18(2)8-10-19/h7-11,13H,6,12,14-17H2,1-5H3. The summed E-state index contributed by atoms with van der Waals surface area (Å²) in [6, 6.07) is 10.7. The van der Waals surface area contributed by atoms with Crippen LogP contribution in [0.5, 0.6) is 0 Å². The lowest BCUT2D eigenvalue weighted by atomic mass is 9.67. The van der Waals surface area contributed by atoms with E-state index < -0.39 is 0 Å². The molecule has 2 heterocycles. The van der Waals surface area contributed by atoms with Gasteiger partial charge in [0.15, 0.2) is 0 Å². The normalized spacial score (nSPS) is 21.5. The van der Waals surface area contributed by atoms with E-state index in [1.165, 1.54) is 11.1 Å². The molecule has 0 saturated carbocycles. The Kier molecular flexibility index (Phi) is 5.94. The number of aromatic nitrogens is 2. The number of carbonyl (C=O) groups excluding carboxylic acids is 1. The summed E-state index contributed by atoms with van der Waals surface area (Å²) in [5, 5.41) is 4.31. The number of nitrogens with zero attached hydrogens (tertiary/aromatic N) is 3. The monoisotopic (exact) mass is 383 g/mol. The molecule has 5 nitrogen and oxygen atoms in total. The zero-order chi connectivity index (χ0) is 20.4. The summed E-state index contributed by atoms with van der Waals surface area (Å²) >= 11 is 0. The van der Waals surface area contributed by atoms with Gasteiger partial charge in [-0.25, -0.2) is 0 Å². The molecule has 2 aromatic rings. The minimum Gasteiger partial charge on any atom is -0.376 e. The second kappa shape index (κ2) is 8.08. The van der Waals surface area contributed by atoms with E-state index in [4.69, 9.17) is 4.74 Å². The van der Waals surface area contributed by atoms with Crippen molar-refractivity contribution in [1.29, 1.82) is 0 Å². The number of hydrogen-bond donors (Lipinski definition) is 0. The lowest BCUT2D eigenvalue weighted by Gasteiger charge is -2.45. The van der Waals surface area contributed by atoms with Gasteiger partial charge in [-0.1, -0.05) is 29.8 Å². The summed E-state index contributed by atoms with van der Waals surface area (Å²) in [4.78, 5) is 15.1. The van der Waals surface area contributed by atoms with E-state index in [2.05, 4.69) is 57.1 Å². The molecule has 0 N–H and O–H groups in total. The highest BCUT2D eigenvalue weighted by atomic mass is 16.5. The minimum absolute atomic E-state index is 0.169. The maximum absolute atomic E-state index is 13.2. The van der Waals surface area contributed by atoms with Gasteiger partial charge in [-0.15, -0.1) is 0 Å². The molecule has 28 heavy (non-hydrogen) atoms. The van der Waals surface area contributed by atoms with Crippen molar-refractivity contribution in [2.24, 2.45) is 0 Å². The molecule has 5 heteroatoms. The zero-order valence-corrected chi connectivity index (χ0v) is 17.9. The Morgan fingerprint density at radius 1 is 1.25 bits per heavy atom. The van der Waals surface area contributed by atoms with Gasteiger partial charge in [-0.05, 0) is 52.2 Å². The Morgan fingerprint density at radius 2 is 1.96 bits per heavy atom. The van der Waals surface area contributed by atoms with Crippen molar-refractivity contribution in [3.05, 3.63) is 53.3 Å². The van der Waals surface area contributed by atoms with E-state index in [-0.39, 0.29) is 16.9 Å². The minimum atomic E-state index is -0.233. The Labute approximate surface area is 168 Å². The van der Waals surface area contributed by atoms with Crippen LogP contribution in [0.3, 0.4) is 0 Å². The van der Waals surface area contributed by atoms with Gasteiger partial charge in [0.2, 0.25) is 5.91 Å². The van der Waals surface area contributed by atoms with Crippen molar-refractivity contribution in [3.8, 4) is 0 Å². The van der Waals surface area contributed by atoms with E-state index >= 15 is 0 Å². The molecular formula is C23H33N3O2. The second-order valence-electron chi connectivity index (χ2n) is 8.75. The third-order valence-electron chi connectivity index (χ3n) is 5.92. The maximum Gasteiger partial charge on any atom is 0.223 e. The van der Waals surface area contributed by atoms with Gasteiger partial charge in [0.25, 0.3) is 0 Å². The van der Waals surface area contributed by atoms with Gasteiger partial charge < -0.3 is 9.64 Å². The van der Waals surface area contributed by atoms with Gasteiger partial charge in [0.05, 0.1) is 17.8 Å². The van der Waals surface area contributed by atoms with Crippen molar-refractivity contribution < 1.29 is 9.53 Å². The highest BCUT2D eigenvalue weighted by molar-refractivity contribution is 5.77. The predicted octanol–water partition coefficient (Wildman–Crippen LogP) is 4.09. The Bertz CT molecular complexity index is 810. The molecular weight excluding hydrogens is 350 g/mol. The highest BCUT2D eigenvalue weighted by Crippen LogP contribution is 2.44. The Balaban J connectivity index is 1.82. The van der Waals surface area contributed by atoms with Crippen LogP contribution in [-0.4, -0.2) is 39.8 Å². The molecule has 1 amide bonds. The summed E-state index contributed by atoms with van der Waals surface area (Å²) in [7, 11) is 1.89. The molecule has 1 aromatic carbocycles. The highest BCUT2D eigenvalue weighted by Gasteiger charge is 2.43. The predicted molar refractivity (Wildman–Crippen MR) is 111 cm³/mol. The molecule has 3 rings (SSSR count). The fourth-order valence-corrected chi connectivity index (χ4v) is 4.42. The van der Waals surface area contributed by atoms with Crippen LogP contribution in [0.2, 0.25) is 0 Å². The largest absolute Gasteiger partial charge is 0.376 e. The van der Waals surface area contributed by atoms with Crippen molar-refractivity contribution in [1.82, 2.24) is 14.7 Å². The average Bonchev–Trinajstić information content (AvgIpc) is 3.08. The topological polar surface area (TPSA) is 47.4 Å². The molecule has 0 radical (unpaired) electrons. The summed E-state index contributed by atoms with van der Waals surface area (Å²) in [5.41, 5.74) is 3.13. The first kappa shape index (κ1) is 20.6. The molecule has 1 aliphatic rings. The maximum atomic E-state index is 13.2.